The number of aryl methyl sites for hydroxylation is 2. The van der Waals surface area contributed by atoms with Crippen LogP contribution in [0.3, 0.4) is 0 Å². The fourth-order valence-corrected chi connectivity index (χ4v) is 2.24. The zero-order valence-electron chi connectivity index (χ0n) is 10.9. The van der Waals surface area contributed by atoms with Crippen molar-refractivity contribution >= 4 is 11.3 Å². The normalized spacial score (nSPS) is 11.1. The molecule has 4 nitrogen and oxygen atoms in total. The molecule has 0 unspecified atom stereocenters. The molecule has 3 N–H and O–H groups in total. The van der Waals surface area contributed by atoms with Gasteiger partial charge in [0.25, 0.3) is 0 Å². The van der Waals surface area contributed by atoms with Gasteiger partial charge in [-0.1, -0.05) is 0 Å². The standard InChI is InChI=1S/C15H15N3O/c1-9-5-6-18-10(2)15(17-14(18)7-9)11-3-4-13(19)12(16)8-11/h3-8,19H,16H2,1-2H3. The summed E-state index contributed by atoms with van der Waals surface area (Å²) in [5.41, 5.74) is 11.1. The molecule has 2 aromatic heterocycles. The molecular formula is C15H15N3O. The molecule has 3 rings (SSSR count). The van der Waals surface area contributed by atoms with Gasteiger partial charge in [-0.05, 0) is 49.7 Å². The first kappa shape index (κ1) is 11.6. The van der Waals surface area contributed by atoms with Crippen molar-refractivity contribution in [1.29, 1.82) is 0 Å². The molecule has 0 radical (unpaired) electrons. The van der Waals surface area contributed by atoms with Crippen molar-refractivity contribution in [1.82, 2.24) is 9.38 Å². The summed E-state index contributed by atoms with van der Waals surface area (Å²) in [7, 11) is 0. The van der Waals surface area contributed by atoms with E-state index in [2.05, 4.69) is 11.1 Å². The monoisotopic (exact) mass is 253 g/mol. The smallest absolute Gasteiger partial charge is 0.138 e. The SMILES string of the molecule is Cc1ccn2c(C)c(-c3ccc(O)c(N)c3)nc2c1. The largest absolute Gasteiger partial charge is 0.506 e. The predicted molar refractivity (Wildman–Crippen MR) is 76.2 cm³/mol. The summed E-state index contributed by atoms with van der Waals surface area (Å²) in [6.07, 6.45) is 2.01. The van der Waals surface area contributed by atoms with E-state index in [0.29, 0.717) is 5.69 Å². The van der Waals surface area contributed by atoms with Crippen LogP contribution >= 0.6 is 0 Å². The van der Waals surface area contributed by atoms with Gasteiger partial charge in [0.05, 0.1) is 11.4 Å². The Hall–Kier alpha value is -2.49. The van der Waals surface area contributed by atoms with Gasteiger partial charge in [-0.2, -0.15) is 0 Å². The van der Waals surface area contributed by atoms with Gasteiger partial charge < -0.3 is 15.2 Å². The second-order valence-electron chi connectivity index (χ2n) is 4.75. The van der Waals surface area contributed by atoms with Gasteiger partial charge in [-0.15, -0.1) is 0 Å². The third-order valence-electron chi connectivity index (χ3n) is 3.32. The van der Waals surface area contributed by atoms with Crippen LogP contribution in [0.4, 0.5) is 5.69 Å². The Kier molecular flexibility index (Phi) is 2.45. The lowest BCUT2D eigenvalue weighted by Gasteiger charge is -2.03. The highest BCUT2D eigenvalue weighted by molar-refractivity contribution is 5.71. The van der Waals surface area contributed by atoms with Crippen molar-refractivity contribution in [2.45, 2.75) is 13.8 Å². The maximum atomic E-state index is 9.49. The molecule has 0 spiro atoms. The third-order valence-corrected chi connectivity index (χ3v) is 3.32. The number of imidazole rings is 1. The molecule has 3 aromatic rings. The van der Waals surface area contributed by atoms with Gasteiger partial charge in [0, 0.05) is 17.5 Å². The number of nitrogens with two attached hydrogens (primary N) is 1. The van der Waals surface area contributed by atoms with Gasteiger partial charge in [-0.25, -0.2) is 4.98 Å². The lowest BCUT2D eigenvalue weighted by Crippen LogP contribution is -1.89. The molecule has 0 aliphatic carbocycles. The van der Waals surface area contributed by atoms with Crippen molar-refractivity contribution in [2.75, 3.05) is 5.73 Å². The Morgan fingerprint density at radius 3 is 2.68 bits per heavy atom. The highest BCUT2D eigenvalue weighted by Crippen LogP contribution is 2.29. The topological polar surface area (TPSA) is 63.5 Å². The summed E-state index contributed by atoms with van der Waals surface area (Å²) in [4.78, 5) is 4.64. The summed E-state index contributed by atoms with van der Waals surface area (Å²) >= 11 is 0. The van der Waals surface area contributed by atoms with E-state index in [4.69, 9.17) is 5.73 Å². The van der Waals surface area contributed by atoms with Gasteiger partial charge in [-0.3, -0.25) is 0 Å². The molecule has 19 heavy (non-hydrogen) atoms. The van der Waals surface area contributed by atoms with Gasteiger partial charge >= 0.3 is 0 Å². The number of fused-ring (bicyclic) bond motifs is 1. The minimum absolute atomic E-state index is 0.0982. The van der Waals surface area contributed by atoms with Crippen LogP contribution in [0.15, 0.2) is 36.5 Å². The number of nitrogens with zero attached hydrogens (tertiary/aromatic N) is 2. The predicted octanol–water partition coefficient (Wildman–Crippen LogP) is 2.91. The first-order chi connectivity index (χ1) is 9.06. The fraction of sp³-hybridized carbons (Fsp3) is 0.133. The molecule has 0 saturated carbocycles. The van der Waals surface area contributed by atoms with Crippen molar-refractivity contribution in [3.05, 3.63) is 47.8 Å². The lowest BCUT2D eigenvalue weighted by atomic mass is 10.1. The van der Waals surface area contributed by atoms with E-state index < -0.39 is 0 Å². The molecule has 96 valence electrons. The van der Waals surface area contributed by atoms with E-state index in [0.717, 1.165) is 22.6 Å². The van der Waals surface area contributed by atoms with Crippen LogP contribution in [0, 0.1) is 13.8 Å². The van der Waals surface area contributed by atoms with Crippen LogP contribution in [0.5, 0.6) is 5.75 Å². The number of phenolic OH excluding ortho intramolecular Hbond substituents is 1. The van der Waals surface area contributed by atoms with E-state index in [1.54, 1.807) is 12.1 Å². The zero-order chi connectivity index (χ0) is 13.6. The second kappa shape index (κ2) is 4.02. The number of phenols is 1. The summed E-state index contributed by atoms with van der Waals surface area (Å²) in [6.45, 7) is 4.07. The number of anilines is 1. The molecule has 0 amide bonds. The minimum Gasteiger partial charge on any atom is -0.506 e. The molecule has 4 heteroatoms. The molecule has 0 bridgehead atoms. The van der Waals surface area contributed by atoms with E-state index >= 15 is 0 Å². The first-order valence-electron chi connectivity index (χ1n) is 6.10. The number of pyridine rings is 1. The van der Waals surface area contributed by atoms with E-state index in [1.165, 1.54) is 5.56 Å². The van der Waals surface area contributed by atoms with Gasteiger partial charge in [0.15, 0.2) is 0 Å². The number of aromatic nitrogens is 2. The number of nitrogen functional groups attached to an aromatic ring is 1. The van der Waals surface area contributed by atoms with Crippen molar-refractivity contribution in [3.8, 4) is 17.0 Å². The Morgan fingerprint density at radius 2 is 1.95 bits per heavy atom. The Balaban J connectivity index is 2.24. The first-order valence-corrected chi connectivity index (χ1v) is 6.10. The zero-order valence-corrected chi connectivity index (χ0v) is 10.9. The molecular weight excluding hydrogens is 238 g/mol. The second-order valence-corrected chi connectivity index (χ2v) is 4.75. The molecule has 0 aliphatic rings. The number of rotatable bonds is 1. The van der Waals surface area contributed by atoms with Crippen LogP contribution in [-0.2, 0) is 0 Å². The molecule has 1 aromatic carbocycles. The summed E-state index contributed by atoms with van der Waals surface area (Å²) in [5.74, 6) is 0.0982. The number of aromatic hydroxyl groups is 1. The molecule has 2 heterocycles. The number of hydrogen-bond acceptors (Lipinski definition) is 3. The van der Waals surface area contributed by atoms with Crippen molar-refractivity contribution in [3.63, 3.8) is 0 Å². The van der Waals surface area contributed by atoms with Gasteiger partial charge in [0.1, 0.15) is 11.4 Å². The van der Waals surface area contributed by atoms with Crippen molar-refractivity contribution < 1.29 is 5.11 Å². The van der Waals surface area contributed by atoms with Crippen LogP contribution in [0.1, 0.15) is 11.3 Å². The van der Waals surface area contributed by atoms with Crippen LogP contribution in [0.25, 0.3) is 16.9 Å². The third kappa shape index (κ3) is 1.81. The summed E-state index contributed by atoms with van der Waals surface area (Å²) in [5, 5.41) is 9.49. The van der Waals surface area contributed by atoms with Crippen molar-refractivity contribution in [2.24, 2.45) is 0 Å². The highest BCUT2D eigenvalue weighted by atomic mass is 16.3. The lowest BCUT2D eigenvalue weighted by molar-refractivity contribution is 0.478. The molecule has 0 saturated heterocycles. The number of benzene rings is 1. The maximum Gasteiger partial charge on any atom is 0.138 e. The van der Waals surface area contributed by atoms with Crippen LogP contribution < -0.4 is 5.73 Å². The maximum absolute atomic E-state index is 9.49. The Labute approximate surface area is 111 Å². The summed E-state index contributed by atoms with van der Waals surface area (Å²) in [6, 6.07) is 9.26. The average molecular weight is 253 g/mol. The quantitative estimate of drug-likeness (QED) is 0.517. The van der Waals surface area contributed by atoms with E-state index in [-0.39, 0.29) is 5.75 Å². The average Bonchev–Trinajstić information content (AvgIpc) is 2.70. The Bertz CT molecular complexity index is 774. The van der Waals surface area contributed by atoms with E-state index in [9.17, 15) is 5.11 Å². The number of hydrogen-bond donors (Lipinski definition) is 2. The van der Waals surface area contributed by atoms with Crippen LogP contribution in [0.2, 0.25) is 0 Å². The molecule has 0 atom stereocenters. The van der Waals surface area contributed by atoms with Gasteiger partial charge in [0.2, 0.25) is 0 Å². The fourth-order valence-electron chi connectivity index (χ4n) is 2.24. The Morgan fingerprint density at radius 1 is 1.16 bits per heavy atom. The molecule has 0 fully saturated rings. The summed E-state index contributed by atoms with van der Waals surface area (Å²) < 4.78 is 2.05. The molecule has 0 aliphatic heterocycles. The van der Waals surface area contributed by atoms with Crippen LogP contribution in [-0.4, -0.2) is 14.5 Å². The minimum atomic E-state index is 0.0982. The van der Waals surface area contributed by atoms with E-state index in [1.807, 2.05) is 36.6 Å². The highest BCUT2D eigenvalue weighted by Gasteiger charge is 2.11.